The summed E-state index contributed by atoms with van der Waals surface area (Å²) in [4.78, 5) is 12.1. The molecule has 0 aliphatic carbocycles. The average Bonchev–Trinajstić information content (AvgIpc) is 2.98. The van der Waals surface area contributed by atoms with Crippen molar-refractivity contribution in [3.05, 3.63) is 58.1 Å². The molecule has 0 bridgehead atoms. The van der Waals surface area contributed by atoms with E-state index in [9.17, 15) is 4.79 Å². The van der Waals surface area contributed by atoms with Crippen molar-refractivity contribution in [2.24, 2.45) is 7.05 Å². The summed E-state index contributed by atoms with van der Waals surface area (Å²) in [6.07, 6.45) is 0. The zero-order valence-corrected chi connectivity index (χ0v) is 16.5. The van der Waals surface area contributed by atoms with Crippen LogP contribution in [0.25, 0.3) is 11.4 Å². The van der Waals surface area contributed by atoms with Crippen LogP contribution in [0.2, 0.25) is 10.0 Å². The lowest BCUT2D eigenvalue weighted by molar-refractivity contribution is -0.113. The zero-order valence-electron chi connectivity index (χ0n) is 14.2. The maximum Gasteiger partial charge on any atom is 0.234 e. The Kier molecular flexibility index (Phi) is 5.86. The van der Waals surface area contributed by atoms with Crippen molar-refractivity contribution in [1.82, 2.24) is 14.8 Å². The summed E-state index contributed by atoms with van der Waals surface area (Å²) in [6, 6.07) is 13.0. The molecule has 8 heteroatoms. The molecule has 0 saturated carbocycles. The minimum absolute atomic E-state index is 0.0991. The van der Waals surface area contributed by atoms with Gasteiger partial charge in [0.1, 0.15) is 0 Å². The lowest BCUT2D eigenvalue weighted by atomic mass is 10.2. The minimum Gasteiger partial charge on any atom is -0.325 e. The van der Waals surface area contributed by atoms with Gasteiger partial charge >= 0.3 is 0 Å². The third kappa shape index (κ3) is 4.38. The highest BCUT2D eigenvalue weighted by atomic mass is 35.5. The summed E-state index contributed by atoms with van der Waals surface area (Å²) < 4.78 is 1.82. The number of anilines is 1. The molecule has 0 atom stereocenters. The SMILES string of the molecule is Cc1ccc(NC(=O)CSc2nnc(-c3ccc(Cl)c(Cl)c3)n2C)cc1. The topological polar surface area (TPSA) is 59.8 Å². The molecular formula is C18H16Cl2N4OS. The van der Waals surface area contributed by atoms with Crippen molar-refractivity contribution in [2.75, 3.05) is 11.1 Å². The summed E-state index contributed by atoms with van der Waals surface area (Å²) in [5.41, 5.74) is 2.73. The number of rotatable bonds is 5. The predicted molar refractivity (Wildman–Crippen MR) is 107 cm³/mol. The summed E-state index contributed by atoms with van der Waals surface area (Å²) in [5.74, 6) is 0.796. The molecule has 26 heavy (non-hydrogen) atoms. The first-order valence-corrected chi connectivity index (χ1v) is 9.52. The molecule has 0 aliphatic heterocycles. The van der Waals surface area contributed by atoms with Gasteiger partial charge in [0.25, 0.3) is 0 Å². The number of carbonyl (C=O) groups is 1. The van der Waals surface area contributed by atoms with Crippen LogP contribution in [0.5, 0.6) is 0 Å². The van der Waals surface area contributed by atoms with Crippen LogP contribution >= 0.6 is 35.0 Å². The maximum atomic E-state index is 12.1. The Hall–Kier alpha value is -2.02. The quantitative estimate of drug-likeness (QED) is 0.616. The highest BCUT2D eigenvalue weighted by molar-refractivity contribution is 7.99. The third-order valence-electron chi connectivity index (χ3n) is 3.68. The second kappa shape index (κ2) is 8.12. The van der Waals surface area contributed by atoms with Gasteiger partial charge in [0.2, 0.25) is 5.91 Å². The van der Waals surface area contributed by atoms with Crippen LogP contribution in [0.1, 0.15) is 5.56 Å². The van der Waals surface area contributed by atoms with Gasteiger partial charge in [-0.1, -0.05) is 52.7 Å². The molecular weight excluding hydrogens is 391 g/mol. The van der Waals surface area contributed by atoms with Crippen LogP contribution in [-0.2, 0) is 11.8 Å². The number of aromatic nitrogens is 3. The molecule has 1 aromatic heterocycles. The van der Waals surface area contributed by atoms with Gasteiger partial charge in [-0.05, 0) is 37.3 Å². The monoisotopic (exact) mass is 406 g/mol. The van der Waals surface area contributed by atoms with E-state index in [1.165, 1.54) is 11.8 Å². The van der Waals surface area contributed by atoms with E-state index >= 15 is 0 Å². The first-order chi connectivity index (χ1) is 12.4. The van der Waals surface area contributed by atoms with Gasteiger partial charge in [0, 0.05) is 18.3 Å². The Balaban J connectivity index is 1.65. The van der Waals surface area contributed by atoms with Gasteiger partial charge in [-0.3, -0.25) is 4.79 Å². The molecule has 0 saturated heterocycles. The highest BCUT2D eigenvalue weighted by Crippen LogP contribution is 2.29. The Labute approximate surface area is 165 Å². The van der Waals surface area contributed by atoms with E-state index < -0.39 is 0 Å². The fourth-order valence-corrected chi connectivity index (χ4v) is 3.30. The average molecular weight is 407 g/mol. The van der Waals surface area contributed by atoms with E-state index in [0.717, 1.165) is 16.8 Å². The summed E-state index contributed by atoms with van der Waals surface area (Å²) >= 11 is 13.3. The van der Waals surface area contributed by atoms with Gasteiger partial charge in [0.05, 0.1) is 15.8 Å². The van der Waals surface area contributed by atoms with Crippen LogP contribution in [0.4, 0.5) is 5.69 Å². The summed E-state index contributed by atoms with van der Waals surface area (Å²) in [5, 5.41) is 12.8. The number of nitrogens with zero attached hydrogens (tertiary/aromatic N) is 3. The highest BCUT2D eigenvalue weighted by Gasteiger charge is 2.14. The minimum atomic E-state index is -0.0991. The van der Waals surface area contributed by atoms with Crippen LogP contribution in [0.15, 0.2) is 47.6 Å². The van der Waals surface area contributed by atoms with Crippen LogP contribution in [-0.4, -0.2) is 26.4 Å². The first kappa shape index (κ1) is 18.8. The van der Waals surface area contributed by atoms with Gasteiger partial charge in [-0.15, -0.1) is 10.2 Å². The normalized spacial score (nSPS) is 10.8. The second-order valence-corrected chi connectivity index (χ2v) is 7.45. The van der Waals surface area contributed by atoms with Crippen molar-refractivity contribution < 1.29 is 4.79 Å². The van der Waals surface area contributed by atoms with E-state index in [2.05, 4.69) is 15.5 Å². The van der Waals surface area contributed by atoms with Crippen LogP contribution in [0.3, 0.4) is 0 Å². The van der Waals surface area contributed by atoms with E-state index in [4.69, 9.17) is 23.2 Å². The van der Waals surface area contributed by atoms with E-state index in [1.54, 1.807) is 12.1 Å². The van der Waals surface area contributed by atoms with Crippen molar-refractivity contribution in [2.45, 2.75) is 12.1 Å². The fraction of sp³-hybridized carbons (Fsp3) is 0.167. The molecule has 1 heterocycles. The summed E-state index contributed by atoms with van der Waals surface area (Å²) in [6.45, 7) is 2.00. The Bertz CT molecular complexity index is 941. The summed E-state index contributed by atoms with van der Waals surface area (Å²) in [7, 11) is 1.85. The smallest absolute Gasteiger partial charge is 0.234 e. The molecule has 0 fully saturated rings. The molecule has 5 nitrogen and oxygen atoms in total. The van der Waals surface area contributed by atoms with E-state index in [0.29, 0.717) is 21.0 Å². The molecule has 2 aromatic carbocycles. The lowest BCUT2D eigenvalue weighted by Crippen LogP contribution is -2.14. The number of carbonyl (C=O) groups excluding carboxylic acids is 1. The molecule has 134 valence electrons. The van der Waals surface area contributed by atoms with E-state index in [-0.39, 0.29) is 11.7 Å². The Morgan fingerprint density at radius 3 is 2.54 bits per heavy atom. The van der Waals surface area contributed by atoms with Gasteiger partial charge < -0.3 is 9.88 Å². The standard InChI is InChI=1S/C18H16Cl2N4OS/c1-11-3-6-13(7-4-11)21-16(25)10-26-18-23-22-17(24(18)2)12-5-8-14(19)15(20)9-12/h3-9H,10H2,1-2H3,(H,21,25). The molecule has 1 amide bonds. The number of halogens is 2. The van der Waals surface area contributed by atoms with Gasteiger partial charge in [-0.2, -0.15) is 0 Å². The largest absolute Gasteiger partial charge is 0.325 e. The Morgan fingerprint density at radius 1 is 1.12 bits per heavy atom. The van der Waals surface area contributed by atoms with Crippen molar-refractivity contribution in [3.8, 4) is 11.4 Å². The number of amides is 1. The number of hydrogen-bond acceptors (Lipinski definition) is 4. The number of hydrogen-bond donors (Lipinski definition) is 1. The molecule has 3 aromatic rings. The molecule has 0 radical (unpaired) electrons. The molecule has 0 unspecified atom stereocenters. The van der Waals surface area contributed by atoms with Crippen LogP contribution < -0.4 is 5.32 Å². The van der Waals surface area contributed by atoms with Crippen molar-refractivity contribution >= 4 is 46.6 Å². The second-order valence-electron chi connectivity index (χ2n) is 5.70. The fourth-order valence-electron chi connectivity index (χ4n) is 2.29. The van der Waals surface area contributed by atoms with Gasteiger partial charge in [0.15, 0.2) is 11.0 Å². The number of benzene rings is 2. The van der Waals surface area contributed by atoms with E-state index in [1.807, 2.05) is 48.9 Å². The van der Waals surface area contributed by atoms with Gasteiger partial charge in [-0.25, -0.2) is 0 Å². The molecule has 1 N–H and O–H groups in total. The van der Waals surface area contributed by atoms with Crippen molar-refractivity contribution in [1.29, 1.82) is 0 Å². The number of aryl methyl sites for hydroxylation is 1. The Morgan fingerprint density at radius 2 is 1.85 bits per heavy atom. The zero-order chi connectivity index (χ0) is 18.7. The number of nitrogens with one attached hydrogen (secondary N) is 1. The maximum absolute atomic E-state index is 12.1. The third-order valence-corrected chi connectivity index (χ3v) is 5.44. The van der Waals surface area contributed by atoms with Crippen LogP contribution in [0, 0.1) is 6.92 Å². The molecule has 0 aliphatic rings. The predicted octanol–water partition coefficient (Wildman–Crippen LogP) is 4.83. The number of thioether (sulfide) groups is 1. The first-order valence-electron chi connectivity index (χ1n) is 7.78. The molecule has 3 rings (SSSR count). The lowest BCUT2D eigenvalue weighted by Gasteiger charge is -2.06. The van der Waals surface area contributed by atoms with Crippen molar-refractivity contribution in [3.63, 3.8) is 0 Å². The molecule has 0 spiro atoms.